The monoisotopic (exact) mass is 397 g/mol. The highest BCUT2D eigenvalue weighted by Gasteiger charge is 2.17. The minimum absolute atomic E-state index is 0.192. The third-order valence-electron chi connectivity index (χ3n) is 4.11. The van der Waals surface area contributed by atoms with E-state index in [0.29, 0.717) is 16.5 Å². The van der Waals surface area contributed by atoms with Crippen LogP contribution >= 0.6 is 11.8 Å². The Balaban J connectivity index is 1.73. The molecule has 3 nitrogen and oxygen atoms in total. The summed E-state index contributed by atoms with van der Waals surface area (Å²) in [5.74, 6) is -0.580. The molecule has 0 atom stereocenters. The number of rotatable bonds is 5. The minimum Gasteiger partial charge on any atom is -0.270 e. The Morgan fingerprint density at radius 1 is 0.786 bits per heavy atom. The van der Waals surface area contributed by atoms with E-state index in [0.717, 1.165) is 17.8 Å². The average molecular weight is 397 g/mol. The Labute approximate surface area is 163 Å². The molecule has 7 heteroatoms. The highest BCUT2D eigenvalue weighted by molar-refractivity contribution is 7.98. The summed E-state index contributed by atoms with van der Waals surface area (Å²) in [5, 5.41) is 8.99. The van der Waals surface area contributed by atoms with Crippen molar-refractivity contribution in [1.29, 1.82) is 0 Å². The second-order valence-corrected chi connectivity index (χ2v) is 6.95. The quantitative estimate of drug-likeness (QED) is 0.408. The second kappa shape index (κ2) is 7.90. The van der Waals surface area contributed by atoms with Crippen molar-refractivity contribution in [3.63, 3.8) is 0 Å². The van der Waals surface area contributed by atoms with E-state index in [2.05, 4.69) is 10.2 Å². The summed E-state index contributed by atoms with van der Waals surface area (Å²) in [4.78, 5) is 0. The molecule has 140 valence electrons. The minimum atomic E-state index is -0.492. The van der Waals surface area contributed by atoms with E-state index in [1.54, 1.807) is 12.1 Å². The summed E-state index contributed by atoms with van der Waals surface area (Å²) in [7, 11) is 0. The van der Waals surface area contributed by atoms with Crippen LogP contribution in [0.3, 0.4) is 0 Å². The van der Waals surface area contributed by atoms with Crippen LogP contribution < -0.4 is 0 Å². The van der Waals surface area contributed by atoms with Gasteiger partial charge in [-0.05, 0) is 54.6 Å². The van der Waals surface area contributed by atoms with E-state index >= 15 is 0 Å². The zero-order valence-corrected chi connectivity index (χ0v) is 15.3. The molecule has 4 rings (SSSR count). The summed E-state index contributed by atoms with van der Waals surface area (Å²) in [6.07, 6.45) is 0. The third-order valence-corrected chi connectivity index (χ3v) is 5.09. The van der Waals surface area contributed by atoms with Crippen LogP contribution in [0.25, 0.3) is 17.1 Å². The number of aromatic nitrogens is 3. The molecule has 28 heavy (non-hydrogen) atoms. The zero-order chi connectivity index (χ0) is 19.5. The molecule has 0 saturated heterocycles. The lowest BCUT2D eigenvalue weighted by Gasteiger charge is -2.10. The number of nitrogens with zero attached hydrogens (tertiary/aromatic N) is 3. The predicted octanol–water partition coefficient (Wildman–Crippen LogP) is 5.64. The van der Waals surface area contributed by atoms with E-state index < -0.39 is 11.6 Å². The first-order chi connectivity index (χ1) is 13.6. The van der Waals surface area contributed by atoms with Gasteiger partial charge in [-0.15, -0.1) is 10.2 Å². The van der Waals surface area contributed by atoms with Gasteiger partial charge in [0, 0.05) is 22.6 Å². The molecule has 0 spiro atoms. The van der Waals surface area contributed by atoms with Crippen LogP contribution in [-0.4, -0.2) is 14.8 Å². The van der Waals surface area contributed by atoms with Crippen molar-refractivity contribution in [2.45, 2.75) is 10.9 Å². The molecule has 0 aliphatic rings. The highest BCUT2D eigenvalue weighted by Crippen LogP contribution is 2.30. The molecular weight excluding hydrogens is 383 g/mol. The fraction of sp³-hybridized carbons (Fsp3) is 0.0476. The standard InChI is InChI=1S/C21H14F3N3S/c22-16-8-6-14(7-9-16)20-25-26-21(27(20)18-4-2-1-3-5-18)28-13-15-12-17(23)10-11-19(15)24/h1-12H,13H2. The normalized spacial score (nSPS) is 11.0. The number of hydrogen-bond acceptors (Lipinski definition) is 3. The van der Waals surface area contributed by atoms with Gasteiger partial charge >= 0.3 is 0 Å². The molecule has 0 amide bonds. The SMILES string of the molecule is Fc1ccc(-c2nnc(SCc3cc(F)ccc3F)n2-c2ccccc2)cc1. The van der Waals surface area contributed by atoms with E-state index in [4.69, 9.17) is 0 Å². The van der Waals surface area contributed by atoms with Crippen molar-refractivity contribution >= 4 is 11.8 Å². The Morgan fingerprint density at radius 3 is 2.25 bits per heavy atom. The van der Waals surface area contributed by atoms with Crippen molar-refractivity contribution < 1.29 is 13.2 Å². The molecule has 0 aliphatic heterocycles. The predicted molar refractivity (Wildman–Crippen MR) is 103 cm³/mol. The van der Waals surface area contributed by atoms with Gasteiger partial charge in [0.15, 0.2) is 11.0 Å². The van der Waals surface area contributed by atoms with Crippen molar-refractivity contribution in [3.8, 4) is 17.1 Å². The van der Waals surface area contributed by atoms with Crippen LogP contribution in [0.15, 0.2) is 78.0 Å². The van der Waals surface area contributed by atoms with Crippen LogP contribution in [0.5, 0.6) is 0 Å². The van der Waals surface area contributed by atoms with Crippen LogP contribution in [0.2, 0.25) is 0 Å². The maximum atomic E-state index is 13.9. The summed E-state index contributed by atoms with van der Waals surface area (Å²) in [6.45, 7) is 0. The number of para-hydroxylation sites is 1. The topological polar surface area (TPSA) is 30.7 Å². The lowest BCUT2D eigenvalue weighted by atomic mass is 10.2. The molecule has 0 radical (unpaired) electrons. The van der Waals surface area contributed by atoms with Crippen molar-refractivity contribution in [3.05, 3.63) is 95.8 Å². The van der Waals surface area contributed by atoms with Gasteiger partial charge in [0.2, 0.25) is 0 Å². The number of thioether (sulfide) groups is 1. The molecular formula is C21H14F3N3S. The maximum Gasteiger partial charge on any atom is 0.196 e. The molecule has 1 aromatic heterocycles. The fourth-order valence-electron chi connectivity index (χ4n) is 2.76. The Morgan fingerprint density at radius 2 is 1.50 bits per heavy atom. The van der Waals surface area contributed by atoms with E-state index in [-0.39, 0.29) is 17.1 Å². The summed E-state index contributed by atoms with van der Waals surface area (Å²) < 4.78 is 42.5. The van der Waals surface area contributed by atoms with E-state index in [1.165, 1.54) is 30.0 Å². The van der Waals surface area contributed by atoms with Crippen molar-refractivity contribution in [2.75, 3.05) is 0 Å². The average Bonchev–Trinajstić information content (AvgIpc) is 3.14. The fourth-order valence-corrected chi connectivity index (χ4v) is 3.68. The van der Waals surface area contributed by atoms with Crippen LogP contribution in [0.4, 0.5) is 13.2 Å². The van der Waals surface area contributed by atoms with Gasteiger partial charge in [0.25, 0.3) is 0 Å². The van der Waals surface area contributed by atoms with Gasteiger partial charge in [-0.3, -0.25) is 4.57 Å². The van der Waals surface area contributed by atoms with Crippen molar-refractivity contribution in [1.82, 2.24) is 14.8 Å². The van der Waals surface area contributed by atoms with Gasteiger partial charge in [-0.2, -0.15) is 0 Å². The van der Waals surface area contributed by atoms with Crippen LogP contribution in [0, 0.1) is 17.5 Å². The number of benzene rings is 3. The van der Waals surface area contributed by atoms with Crippen molar-refractivity contribution in [2.24, 2.45) is 0 Å². The van der Waals surface area contributed by atoms with Crippen LogP contribution in [0.1, 0.15) is 5.56 Å². The molecule has 0 bridgehead atoms. The first-order valence-electron chi connectivity index (χ1n) is 8.45. The zero-order valence-electron chi connectivity index (χ0n) is 14.5. The summed E-state index contributed by atoms with van der Waals surface area (Å²) >= 11 is 1.25. The molecule has 0 fully saturated rings. The first kappa shape index (κ1) is 18.3. The Kier molecular flexibility index (Phi) is 5.16. The lowest BCUT2D eigenvalue weighted by Crippen LogP contribution is -2.00. The molecule has 4 aromatic rings. The molecule has 0 aliphatic carbocycles. The van der Waals surface area contributed by atoms with Gasteiger partial charge in [0.05, 0.1) is 0 Å². The van der Waals surface area contributed by atoms with Gasteiger partial charge < -0.3 is 0 Å². The van der Waals surface area contributed by atoms with Gasteiger partial charge in [0.1, 0.15) is 17.5 Å². The molecule has 1 heterocycles. The Bertz CT molecular complexity index is 1100. The third kappa shape index (κ3) is 3.80. The molecule has 0 unspecified atom stereocenters. The van der Waals surface area contributed by atoms with Gasteiger partial charge in [-0.25, -0.2) is 13.2 Å². The number of hydrogen-bond donors (Lipinski definition) is 0. The summed E-state index contributed by atoms with van der Waals surface area (Å²) in [5.41, 5.74) is 1.76. The molecule has 3 aromatic carbocycles. The van der Waals surface area contributed by atoms with Gasteiger partial charge in [-0.1, -0.05) is 30.0 Å². The smallest absolute Gasteiger partial charge is 0.196 e. The van der Waals surface area contributed by atoms with E-state index in [9.17, 15) is 13.2 Å². The Hall–Kier alpha value is -3.06. The second-order valence-electron chi connectivity index (χ2n) is 6.01. The molecule has 0 saturated carbocycles. The highest BCUT2D eigenvalue weighted by atomic mass is 32.2. The maximum absolute atomic E-state index is 13.9. The van der Waals surface area contributed by atoms with E-state index in [1.807, 2.05) is 34.9 Å². The van der Waals surface area contributed by atoms with Crippen LogP contribution in [-0.2, 0) is 5.75 Å². The lowest BCUT2D eigenvalue weighted by molar-refractivity contribution is 0.591. The largest absolute Gasteiger partial charge is 0.270 e. The first-order valence-corrected chi connectivity index (χ1v) is 9.44. The summed E-state index contributed by atoms with van der Waals surface area (Å²) in [6, 6.07) is 18.8. The molecule has 0 N–H and O–H groups in total. The number of halogens is 3.